The molecular weight excluding hydrogens is 246 g/mol. The zero-order chi connectivity index (χ0) is 13.9. The van der Waals surface area contributed by atoms with E-state index in [9.17, 15) is 4.79 Å². The van der Waals surface area contributed by atoms with Gasteiger partial charge in [-0.05, 0) is 32.9 Å². The maximum absolute atomic E-state index is 12.1. The van der Waals surface area contributed by atoms with Crippen LogP contribution in [-0.4, -0.2) is 23.6 Å². The van der Waals surface area contributed by atoms with Gasteiger partial charge in [0.1, 0.15) is 4.99 Å². The molecule has 3 N–H and O–H groups in total. The quantitative estimate of drug-likeness (QED) is 0.806. The monoisotopic (exact) mass is 265 g/mol. The van der Waals surface area contributed by atoms with Gasteiger partial charge in [0.2, 0.25) is 0 Å². The molecule has 0 aliphatic heterocycles. The minimum absolute atomic E-state index is 0.189. The predicted octanol–water partition coefficient (Wildman–Crippen LogP) is 2.27. The summed E-state index contributed by atoms with van der Waals surface area (Å²) < 4.78 is 0. The Labute approximate surface area is 113 Å². The fourth-order valence-corrected chi connectivity index (χ4v) is 1.66. The van der Waals surface area contributed by atoms with Crippen molar-refractivity contribution in [2.75, 3.05) is 11.9 Å². The zero-order valence-corrected chi connectivity index (χ0v) is 12.0. The number of benzene rings is 1. The Hall–Kier alpha value is -1.62. The zero-order valence-electron chi connectivity index (χ0n) is 11.2. The molecule has 18 heavy (non-hydrogen) atoms. The van der Waals surface area contributed by atoms with Crippen molar-refractivity contribution in [2.45, 2.75) is 26.3 Å². The van der Waals surface area contributed by atoms with Gasteiger partial charge in [-0.3, -0.25) is 4.90 Å². The summed E-state index contributed by atoms with van der Waals surface area (Å²) >= 11 is 4.98. The number of urea groups is 1. The molecule has 0 fully saturated rings. The molecule has 0 saturated carbocycles. The second kappa shape index (κ2) is 5.35. The lowest BCUT2D eigenvalue weighted by Crippen LogP contribution is -2.47. The average molecular weight is 265 g/mol. The number of para-hydroxylation sites is 1. The third-order valence-electron chi connectivity index (χ3n) is 2.32. The van der Waals surface area contributed by atoms with Crippen LogP contribution in [-0.2, 0) is 0 Å². The Morgan fingerprint density at radius 3 is 2.39 bits per heavy atom. The van der Waals surface area contributed by atoms with E-state index in [1.165, 1.54) is 4.90 Å². The molecule has 1 rings (SSSR count). The van der Waals surface area contributed by atoms with Crippen LogP contribution in [0.2, 0.25) is 0 Å². The highest BCUT2D eigenvalue weighted by Crippen LogP contribution is 2.19. The molecule has 1 aromatic carbocycles. The maximum Gasteiger partial charge on any atom is 0.322 e. The third-order valence-corrected chi connectivity index (χ3v) is 2.54. The lowest BCUT2D eigenvalue weighted by molar-refractivity contribution is 0.239. The van der Waals surface area contributed by atoms with Crippen molar-refractivity contribution in [3.63, 3.8) is 0 Å². The van der Waals surface area contributed by atoms with Crippen molar-refractivity contribution in [1.82, 2.24) is 5.32 Å². The fraction of sp³-hybridized carbons (Fsp3) is 0.385. The number of carbonyl (C=O) groups is 1. The molecule has 0 aliphatic carbocycles. The lowest BCUT2D eigenvalue weighted by Gasteiger charge is -2.26. The second-order valence-electron chi connectivity index (χ2n) is 5.12. The van der Waals surface area contributed by atoms with E-state index >= 15 is 0 Å². The highest BCUT2D eigenvalue weighted by molar-refractivity contribution is 7.80. The van der Waals surface area contributed by atoms with E-state index in [2.05, 4.69) is 5.32 Å². The van der Waals surface area contributed by atoms with E-state index in [1.54, 1.807) is 13.1 Å². The molecule has 0 unspecified atom stereocenters. The molecule has 0 bridgehead atoms. The minimum atomic E-state index is -0.288. The molecular formula is C13H19N3OS. The summed E-state index contributed by atoms with van der Waals surface area (Å²) in [6.45, 7) is 5.79. The van der Waals surface area contributed by atoms with E-state index in [0.29, 0.717) is 11.3 Å². The molecule has 98 valence electrons. The molecule has 0 radical (unpaired) electrons. The SMILES string of the molecule is CN(C(=O)NC(C)(C)C)c1ccccc1C(N)=S. The Kier molecular flexibility index (Phi) is 4.29. The summed E-state index contributed by atoms with van der Waals surface area (Å²) in [5, 5.41) is 2.89. The van der Waals surface area contributed by atoms with Gasteiger partial charge in [0.15, 0.2) is 0 Å². The number of amides is 2. The molecule has 4 nitrogen and oxygen atoms in total. The molecule has 1 aromatic rings. The number of thiocarbonyl (C=S) groups is 1. The first-order chi connectivity index (χ1) is 8.22. The van der Waals surface area contributed by atoms with Gasteiger partial charge in [-0.2, -0.15) is 0 Å². The van der Waals surface area contributed by atoms with Crippen molar-refractivity contribution in [3.05, 3.63) is 29.8 Å². The predicted molar refractivity (Wildman–Crippen MR) is 79.0 cm³/mol. The van der Waals surface area contributed by atoms with E-state index in [1.807, 2.05) is 39.0 Å². The van der Waals surface area contributed by atoms with Crippen LogP contribution < -0.4 is 16.0 Å². The normalized spacial score (nSPS) is 10.9. The van der Waals surface area contributed by atoms with Crippen LogP contribution in [0.25, 0.3) is 0 Å². The van der Waals surface area contributed by atoms with Crippen LogP contribution in [0, 0.1) is 0 Å². The summed E-state index contributed by atoms with van der Waals surface area (Å²) in [4.78, 5) is 13.9. The average Bonchev–Trinajstić information content (AvgIpc) is 2.25. The first-order valence-electron chi connectivity index (χ1n) is 5.67. The molecule has 0 aromatic heterocycles. The van der Waals surface area contributed by atoms with Crippen LogP contribution in [0.15, 0.2) is 24.3 Å². The van der Waals surface area contributed by atoms with Crippen molar-refractivity contribution < 1.29 is 4.79 Å². The maximum atomic E-state index is 12.1. The van der Waals surface area contributed by atoms with Crippen molar-refractivity contribution >= 4 is 28.9 Å². The minimum Gasteiger partial charge on any atom is -0.389 e. The van der Waals surface area contributed by atoms with E-state index in [0.717, 1.165) is 0 Å². The van der Waals surface area contributed by atoms with Gasteiger partial charge in [-0.25, -0.2) is 4.79 Å². The molecule has 0 spiro atoms. The first-order valence-corrected chi connectivity index (χ1v) is 6.08. The van der Waals surface area contributed by atoms with Crippen molar-refractivity contribution in [1.29, 1.82) is 0 Å². The molecule has 0 heterocycles. The standard InChI is InChI=1S/C13H19N3OS/c1-13(2,3)15-12(17)16(4)10-8-6-5-7-9(10)11(14)18/h5-8H,1-4H3,(H2,14,18)(H,15,17). The van der Waals surface area contributed by atoms with Crippen LogP contribution >= 0.6 is 12.2 Å². The smallest absolute Gasteiger partial charge is 0.322 e. The summed E-state index contributed by atoms with van der Waals surface area (Å²) in [6.07, 6.45) is 0. The van der Waals surface area contributed by atoms with Gasteiger partial charge < -0.3 is 11.1 Å². The van der Waals surface area contributed by atoms with Gasteiger partial charge in [0, 0.05) is 18.2 Å². The number of anilines is 1. The Morgan fingerprint density at radius 1 is 1.33 bits per heavy atom. The molecule has 2 amide bonds. The van der Waals surface area contributed by atoms with Crippen molar-refractivity contribution in [2.24, 2.45) is 5.73 Å². The van der Waals surface area contributed by atoms with Crippen LogP contribution in [0.1, 0.15) is 26.3 Å². The van der Waals surface area contributed by atoms with Gasteiger partial charge in [0.25, 0.3) is 0 Å². The lowest BCUT2D eigenvalue weighted by atomic mass is 10.1. The molecule has 0 aliphatic rings. The third kappa shape index (κ3) is 3.70. The van der Waals surface area contributed by atoms with Gasteiger partial charge in [-0.1, -0.05) is 24.4 Å². The highest BCUT2D eigenvalue weighted by atomic mass is 32.1. The number of hydrogen-bond donors (Lipinski definition) is 2. The number of nitrogens with one attached hydrogen (secondary N) is 1. The fourth-order valence-electron chi connectivity index (χ4n) is 1.49. The summed E-state index contributed by atoms with van der Waals surface area (Å²) in [7, 11) is 1.69. The number of hydrogen-bond acceptors (Lipinski definition) is 2. The number of carbonyl (C=O) groups excluding carboxylic acids is 1. The van der Waals surface area contributed by atoms with Gasteiger partial charge >= 0.3 is 6.03 Å². The van der Waals surface area contributed by atoms with E-state index in [4.69, 9.17) is 18.0 Å². The van der Waals surface area contributed by atoms with E-state index in [-0.39, 0.29) is 16.6 Å². The van der Waals surface area contributed by atoms with E-state index < -0.39 is 0 Å². The number of nitrogens with two attached hydrogens (primary N) is 1. The molecule has 0 atom stereocenters. The van der Waals surface area contributed by atoms with Crippen molar-refractivity contribution in [3.8, 4) is 0 Å². The van der Waals surface area contributed by atoms with Crippen LogP contribution in [0.3, 0.4) is 0 Å². The summed E-state index contributed by atoms with van der Waals surface area (Å²) in [5.74, 6) is 0. The number of nitrogens with zero attached hydrogens (tertiary/aromatic N) is 1. The highest BCUT2D eigenvalue weighted by Gasteiger charge is 2.20. The van der Waals surface area contributed by atoms with Crippen LogP contribution in [0.5, 0.6) is 0 Å². The summed E-state index contributed by atoms with van der Waals surface area (Å²) in [6, 6.07) is 7.12. The van der Waals surface area contributed by atoms with Gasteiger partial charge in [0.05, 0.1) is 5.69 Å². The molecule has 0 saturated heterocycles. The topological polar surface area (TPSA) is 58.4 Å². The number of rotatable bonds is 2. The van der Waals surface area contributed by atoms with Gasteiger partial charge in [-0.15, -0.1) is 0 Å². The second-order valence-corrected chi connectivity index (χ2v) is 5.56. The summed E-state index contributed by atoms with van der Waals surface area (Å²) in [5.41, 5.74) is 6.76. The van der Waals surface area contributed by atoms with Crippen LogP contribution in [0.4, 0.5) is 10.5 Å². The Balaban J connectivity index is 3.00. The molecule has 5 heteroatoms. The largest absolute Gasteiger partial charge is 0.389 e. The Morgan fingerprint density at radius 2 is 1.89 bits per heavy atom. The first kappa shape index (κ1) is 14.4. The Bertz CT molecular complexity index is 466.